The Hall–Kier alpha value is -1.40. The molecule has 0 amide bonds. The second kappa shape index (κ2) is 5.28. The number of benzene rings is 1. The second-order valence-corrected chi connectivity index (χ2v) is 1.85. The summed E-state index contributed by atoms with van der Waals surface area (Å²) in [5.74, 6) is 0. The number of nitro groups is 1. The summed E-state index contributed by atoms with van der Waals surface area (Å²) in [7, 11) is 5.29. The van der Waals surface area contributed by atoms with E-state index >= 15 is 0 Å². The van der Waals surface area contributed by atoms with Crippen LogP contribution < -0.4 is 5.46 Å². The molecule has 6 heteroatoms. The van der Waals surface area contributed by atoms with E-state index in [1.165, 1.54) is 12.1 Å². The molecule has 5 nitrogen and oxygen atoms in total. The van der Waals surface area contributed by atoms with Crippen LogP contribution in [0.15, 0.2) is 24.3 Å². The van der Waals surface area contributed by atoms with E-state index in [9.17, 15) is 10.1 Å². The Morgan fingerprint density at radius 3 is 2.25 bits per heavy atom. The number of nitrogens with zero attached hydrogens (tertiary/aromatic N) is 1. The summed E-state index contributed by atoms with van der Waals surface area (Å²) in [5, 5.41) is 10.1. The number of non-ortho nitro benzene ring substituents is 1. The van der Waals surface area contributed by atoms with Crippen LogP contribution in [0.2, 0.25) is 0 Å². The van der Waals surface area contributed by atoms with Gasteiger partial charge >= 0.3 is 0 Å². The zero-order valence-electron chi connectivity index (χ0n) is 6.15. The average Bonchev–Trinajstić information content (AvgIpc) is 1.88. The maximum absolute atomic E-state index is 10.1. The van der Waals surface area contributed by atoms with Crippen molar-refractivity contribution in [3.05, 3.63) is 34.4 Å². The number of hydrogen-bond acceptors (Lipinski definition) is 2. The van der Waals surface area contributed by atoms with Gasteiger partial charge in [0.1, 0.15) is 7.85 Å². The first-order valence-corrected chi connectivity index (χ1v) is 2.70. The lowest BCUT2D eigenvalue weighted by molar-refractivity contribution is -0.384. The summed E-state index contributed by atoms with van der Waals surface area (Å²) >= 11 is 0. The van der Waals surface area contributed by atoms with Gasteiger partial charge in [0, 0.05) is 12.1 Å². The van der Waals surface area contributed by atoms with Crippen LogP contribution >= 0.6 is 0 Å². The van der Waals surface area contributed by atoms with Crippen LogP contribution in [-0.2, 0) is 0 Å². The molecule has 0 saturated heterocycles. The van der Waals surface area contributed by atoms with Crippen LogP contribution in [0, 0.1) is 10.1 Å². The third-order valence-electron chi connectivity index (χ3n) is 1.08. The maximum Gasteiger partial charge on any atom is 0.268 e. The van der Waals surface area contributed by atoms with Crippen LogP contribution in [0.25, 0.3) is 0 Å². The van der Waals surface area contributed by atoms with E-state index in [4.69, 9.17) is 7.85 Å². The predicted molar refractivity (Wildman–Crippen MR) is 45.7 cm³/mol. The molecule has 12 heavy (non-hydrogen) atoms. The quantitative estimate of drug-likeness (QED) is 0.297. The molecule has 1 rings (SSSR count). The molecule has 0 saturated carbocycles. The highest BCUT2D eigenvalue weighted by molar-refractivity contribution is 6.32. The smallest absolute Gasteiger partial charge is 0.268 e. The third kappa shape index (κ3) is 3.13. The Labute approximate surface area is 70.2 Å². The molecule has 0 heterocycles. The molecule has 0 atom stereocenters. The normalized spacial score (nSPS) is 7.67. The van der Waals surface area contributed by atoms with Crippen LogP contribution in [0.5, 0.6) is 0 Å². The Kier molecular flexibility index (Phi) is 5.81. The molecule has 0 aliphatic heterocycles. The summed E-state index contributed by atoms with van der Waals surface area (Å²) in [6.07, 6.45) is 0. The van der Waals surface area contributed by atoms with Gasteiger partial charge in [-0.05, 0) is 0 Å². The van der Waals surface area contributed by atoms with Crippen molar-refractivity contribution in [1.29, 1.82) is 0 Å². The first kappa shape index (κ1) is 13.2. The fourth-order valence-corrected chi connectivity index (χ4v) is 0.638. The van der Waals surface area contributed by atoms with Crippen molar-refractivity contribution < 1.29 is 15.9 Å². The standard InChI is InChI=1S/C6H4BNO2.2H2O/c7-5-2-1-3-6(4-5)8(9)10;;/h1-4H;2*1H2. The minimum atomic E-state index is -0.476. The summed E-state index contributed by atoms with van der Waals surface area (Å²) in [4.78, 5) is 9.63. The van der Waals surface area contributed by atoms with Crippen LogP contribution in [0.1, 0.15) is 0 Å². The van der Waals surface area contributed by atoms with E-state index in [2.05, 4.69) is 0 Å². The lowest BCUT2D eigenvalue weighted by Gasteiger charge is -1.90. The van der Waals surface area contributed by atoms with Crippen molar-refractivity contribution in [3.63, 3.8) is 0 Å². The lowest BCUT2D eigenvalue weighted by Crippen LogP contribution is -2.01. The topological polar surface area (TPSA) is 106 Å². The molecule has 0 unspecified atom stereocenters. The Bertz CT molecular complexity index is 265. The van der Waals surface area contributed by atoms with Gasteiger partial charge in [-0.2, -0.15) is 0 Å². The highest BCUT2D eigenvalue weighted by Crippen LogP contribution is 2.05. The molecular formula is C6H8BNO4. The Morgan fingerprint density at radius 1 is 1.33 bits per heavy atom. The van der Waals surface area contributed by atoms with Gasteiger partial charge in [-0.25, -0.2) is 0 Å². The van der Waals surface area contributed by atoms with Crippen molar-refractivity contribution in [2.75, 3.05) is 0 Å². The largest absolute Gasteiger partial charge is 0.412 e. The second-order valence-electron chi connectivity index (χ2n) is 1.85. The van der Waals surface area contributed by atoms with Gasteiger partial charge < -0.3 is 11.0 Å². The van der Waals surface area contributed by atoms with Crippen molar-refractivity contribution >= 4 is 19.0 Å². The first-order valence-electron chi connectivity index (χ1n) is 2.70. The van der Waals surface area contributed by atoms with Crippen molar-refractivity contribution in [1.82, 2.24) is 0 Å². The highest BCUT2D eigenvalue weighted by atomic mass is 16.6. The van der Waals surface area contributed by atoms with Gasteiger partial charge in [0.05, 0.1) is 4.92 Å². The van der Waals surface area contributed by atoms with Gasteiger partial charge in [0.25, 0.3) is 5.69 Å². The minimum Gasteiger partial charge on any atom is -0.412 e. The first-order chi connectivity index (χ1) is 4.70. The molecule has 4 N–H and O–H groups in total. The van der Waals surface area contributed by atoms with Gasteiger partial charge in [0.2, 0.25) is 0 Å². The molecule has 0 bridgehead atoms. The van der Waals surface area contributed by atoms with E-state index in [0.717, 1.165) is 0 Å². The molecule has 0 aliphatic carbocycles. The van der Waals surface area contributed by atoms with E-state index in [-0.39, 0.29) is 16.6 Å². The monoisotopic (exact) mass is 169 g/mol. The molecule has 0 aliphatic rings. The highest BCUT2D eigenvalue weighted by Gasteiger charge is 2.01. The zero-order valence-corrected chi connectivity index (χ0v) is 6.15. The van der Waals surface area contributed by atoms with E-state index in [1.54, 1.807) is 12.1 Å². The number of hydrogen-bond donors (Lipinski definition) is 0. The van der Waals surface area contributed by atoms with Gasteiger partial charge in [0.15, 0.2) is 0 Å². The van der Waals surface area contributed by atoms with E-state index < -0.39 is 4.92 Å². The predicted octanol–water partition coefficient (Wildman–Crippen LogP) is -1.26. The molecule has 1 aromatic rings. The van der Waals surface area contributed by atoms with Crippen molar-refractivity contribution in [2.24, 2.45) is 0 Å². The molecule has 1 aromatic carbocycles. The fraction of sp³-hybridized carbons (Fsp3) is 0. The number of nitro benzene ring substituents is 1. The molecule has 64 valence electrons. The zero-order chi connectivity index (χ0) is 7.56. The van der Waals surface area contributed by atoms with Gasteiger partial charge in [-0.15, -0.1) is 0 Å². The third-order valence-corrected chi connectivity index (χ3v) is 1.08. The van der Waals surface area contributed by atoms with Crippen LogP contribution in [0.3, 0.4) is 0 Å². The van der Waals surface area contributed by atoms with Crippen LogP contribution in [-0.4, -0.2) is 23.7 Å². The fourth-order valence-electron chi connectivity index (χ4n) is 0.638. The number of rotatable bonds is 1. The van der Waals surface area contributed by atoms with Gasteiger partial charge in [-0.3, -0.25) is 10.1 Å². The molecular weight excluding hydrogens is 161 g/mol. The van der Waals surface area contributed by atoms with E-state index in [1.807, 2.05) is 0 Å². The van der Waals surface area contributed by atoms with Crippen molar-refractivity contribution in [2.45, 2.75) is 0 Å². The lowest BCUT2D eigenvalue weighted by atomic mass is 9.96. The molecule has 0 aromatic heterocycles. The minimum absolute atomic E-state index is 0. The summed E-state index contributed by atoms with van der Waals surface area (Å²) < 4.78 is 0. The molecule has 0 fully saturated rings. The summed E-state index contributed by atoms with van der Waals surface area (Å²) in [6, 6.07) is 5.87. The van der Waals surface area contributed by atoms with Gasteiger partial charge in [-0.1, -0.05) is 17.6 Å². The Morgan fingerprint density at radius 2 is 1.92 bits per heavy atom. The van der Waals surface area contributed by atoms with E-state index in [0.29, 0.717) is 5.46 Å². The Balaban J connectivity index is 0. The van der Waals surface area contributed by atoms with Crippen LogP contribution in [0.4, 0.5) is 5.69 Å². The summed E-state index contributed by atoms with van der Waals surface area (Å²) in [6.45, 7) is 0. The summed E-state index contributed by atoms with van der Waals surface area (Å²) in [5.41, 5.74) is 0.439. The SMILES string of the molecule is O.O.[B]c1cccc([N+](=O)[O-])c1. The average molecular weight is 169 g/mol. The molecule has 0 spiro atoms. The van der Waals surface area contributed by atoms with Crippen molar-refractivity contribution in [3.8, 4) is 0 Å². The maximum atomic E-state index is 10.1. The molecule has 2 radical (unpaired) electrons.